The minimum absolute atomic E-state index is 0.971. The molecule has 15 heteroatoms. The van der Waals surface area contributed by atoms with Crippen LogP contribution in [0.5, 0.6) is 0 Å². The number of phosphoric ester groups is 1. The maximum atomic E-state index is 10.7. The molecule has 0 heterocycles. The van der Waals surface area contributed by atoms with E-state index in [2.05, 4.69) is 4.52 Å². The lowest BCUT2D eigenvalue weighted by Crippen LogP contribution is -2.45. The zero-order chi connectivity index (χ0) is 17.4. The van der Waals surface area contributed by atoms with E-state index in [9.17, 15) is 9.36 Å². The molecule has 0 fully saturated rings. The zero-order valence-corrected chi connectivity index (χ0v) is 12.0. The van der Waals surface area contributed by atoms with Crippen LogP contribution in [-0.4, -0.2) is 82.2 Å². The monoisotopic (exact) mass is 358 g/mol. The first-order chi connectivity index (χ1) is 9.19. The molecule has 3 atom stereocenters. The van der Waals surface area contributed by atoms with E-state index >= 15 is 0 Å². The Kier molecular flexibility index (Phi) is 10.6. The van der Waals surface area contributed by atoms with Gasteiger partial charge in [-0.05, 0) is 0 Å². The third-order valence-corrected chi connectivity index (χ3v) is 2.10. The number of phosphoric acid groups is 2. The Hall–Kier alpha value is -0.270. The second-order valence-corrected chi connectivity index (χ2v) is 5.69. The highest BCUT2D eigenvalue weighted by Gasteiger charge is 2.31. The van der Waals surface area contributed by atoms with Gasteiger partial charge < -0.3 is 44.9 Å². The molecule has 21 heavy (non-hydrogen) atoms. The summed E-state index contributed by atoms with van der Waals surface area (Å²) in [6.45, 7) is -2.01. The van der Waals surface area contributed by atoms with Gasteiger partial charge in [-0.2, -0.15) is 0 Å². The smallest absolute Gasteiger partial charge is 0.388 e. The van der Waals surface area contributed by atoms with Gasteiger partial charge in [-0.25, -0.2) is 9.13 Å². The summed E-state index contributed by atoms with van der Waals surface area (Å²) in [6, 6.07) is 0. The van der Waals surface area contributed by atoms with Crippen LogP contribution in [0, 0.1) is 0 Å². The van der Waals surface area contributed by atoms with Crippen molar-refractivity contribution in [3.8, 4) is 0 Å². The molecule has 0 aliphatic rings. The maximum Gasteiger partial charge on any atom is 0.469 e. The second kappa shape index (κ2) is 9.69. The van der Waals surface area contributed by atoms with Gasteiger partial charge in [0.25, 0.3) is 0 Å². The van der Waals surface area contributed by atoms with Crippen molar-refractivity contribution in [1.82, 2.24) is 0 Å². The Morgan fingerprint density at radius 1 is 1.00 bits per heavy atom. The molecule has 13 nitrogen and oxygen atoms in total. The van der Waals surface area contributed by atoms with Gasteiger partial charge >= 0.3 is 15.6 Å². The summed E-state index contributed by atoms with van der Waals surface area (Å²) < 4.78 is 23.0. The Morgan fingerprint density at radius 3 is 1.67 bits per heavy atom. The molecule has 0 aliphatic carbocycles. The SMILES string of the molecule is O=C(CO)[C@@H](O)[C@H](O)[C@H](O)COP(=O)(O)O.O=P(O)(O)O. The summed E-state index contributed by atoms with van der Waals surface area (Å²) in [4.78, 5) is 48.8. The first kappa shape index (κ1) is 23.0. The summed E-state index contributed by atoms with van der Waals surface area (Å²) in [5.74, 6) is -1.14. The van der Waals surface area contributed by atoms with E-state index in [4.69, 9.17) is 49.5 Å². The normalized spacial score (nSPS) is 16.4. The first-order valence-electron chi connectivity index (χ1n) is 4.85. The Bertz CT molecular complexity index is 389. The van der Waals surface area contributed by atoms with Gasteiger partial charge in [-0.3, -0.25) is 9.32 Å². The van der Waals surface area contributed by atoms with Crippen LogP contribution in [-0.2, 0) is 18.4 Å². The predicted octanol–water partition coefficient (Wildman–Crippen LogP) is -4.19. The molecule has 9 N–H and O–H groups in total. The predicted molar refractivity (Wildman–Crippen MR) is 62.4 cm³/mol. The number of hydrogen-bond acceptors (Lipinski definition) is 8. The molecule has 0 saturated heterocycles. The molecule has 0 aromatic heterocycles. The molecule has 0 aliphatic heterocycles. The molecule has 0 aromatic carbocycles. The minimum Gasteiger partial charge on any atom is -0.388 e. The molecule has 0 bridgehead atoms. The number of aliphatic hydroxyl groups excluding tert-OH is 4. The van der Waals surface area contributed by atoms with Crippen molar-refractivity contribution in [3.63, 3.8) is 0 Å². The molecule has 128 valence electrons. The van der Waals surface area contributed by atoms with E-state index in [1.165, 1.54) is 0 Å². The third-order valence-electron chi connectivity index (χ3n) is 1.62. The van der Waals surface area contributed by atoms with Crippen LogP contribution in [0.4, 0.5) is 0 Å². The van der Waals surface area contributed by atoms with E-state index in [0.29, 0.717) is 0 Å². The average Bonchev–Trinajstić information content (AvgIpc) is 2.30. The number of Topliss-reactive ketones (excluding diaryl/α,β-unsaturated/α-hetero) is 1. The molecule has 0 spiro atoms. The van der Waals surface area contributed by atoms with Gasteiger partial charge in [-0.15, -0.1) is 0 Å². The molecule has 0 unspecified atom stereocenters. The van der Waals surface area contributed by atoms with E-state index < -0.39 is 53.0 Å². The highest BCUT2D eigenvalue weighted by molar-refractivity contribution is 7.46. The lowest BCUT2D eigenvalue weighted by Gasteiger charge is -2.21. The average molecular weight is 358 g/mol. The quantitative estimate of drug-likeness (QED) is 0.196. The van der Waals surface area contributed by atoms with E-state index in [1.807, 2.05) is 0 Å². The third kappa shape index (κ3) is 15.9. The van der Waals surface area contributed by atoms with Gasteiger partial charge in [0.15, 0.2) is 5.78 Å². The van der Waals surface area contributed by atoms with E-state index in [-0.39, 0.29) is 0 Å². The largest absolute Gasteiger partial charge is 0.469 e. The topological polar surface area (TPSA) is 243 Å². The van der Waals surface area contributed by atoms with Gasteiger partial charge in [0.05, 0.1) is 6.61 Å². The number of aliphatic hydroxyl groups is 4. The number of ketones is 1. The molecule has 0 rings (SSSR count). The number of hydrogen-bond donors (Lipinski definition) is 9. The maximum absolute atomic E-state index is 10.7. The van der Waals surface area contributed by atoms with E-state index in [1.54, 1.807) is 0 Å². The molecular weight excluding hydrogens is 342 g/mol. The molecule has 0 radical (unpaired) electrons. The van der Waals surface area contributed by atoms with Crippen molar-refractivity contribution in [3.05, 3.63) is 0 Å². The van der Waals surface area contributed by atoms with Crippen molar-refractivity contribution in [2.24, 2.45) is 0 Å². The van der Waals surface area contributed by atoms with Crippen LogP contribution in [0.15, 0.2) is 0 Å². The molecular formula is C6H16O13P2. The summed E-state index contributed by atoms with van der Waals surface area (Å²) in [6.07, 6.45) is -5.94. The van der Waals surface area contributed by atoms with Crippen LogP contribution >= 0.6 is 15.6 Å². The van der Waals surface area contributed by atoms with Gasteiger partial charge in [0.1, 0.15) is 24.9 Å². The van der Waals surface area contributed by atoms with Crippen molar-refractivity contribution < 1.29 is 63.3 Å². The van der Waals surface area contributed by atoms with Crippen LogP contribution < -0.4 is 0 Å². The number of carbonyl (C=O) groups is 1. The lowest BCUT2D eigenvalue weighted by molar-refractivity contribution is -0.142. The van der Waals surface area contributed by atoms with E-state index in [0.717, 1.165) is 0 Å². The molecule has 0 amide bonds. The summed E-state index contributed by atoms with van der Waals surface area (Å²) >= 11 is 0. The Morgan fingerprint density at radius 2 is 1.38 bits per heavy atom. The van der Waals surface area contributed by atoms with Gasteiger partial charge in [0, 0.05) is 0 Å². The first-order valence-corrected chi connectivity index (χ1v) is 7.94. The van der Waals surface area contributed by atoms with Crippen LogP contribution in [0.1, 0.15) is 0 Å². The number of carbonyl (C=O) groups excluding carboxylic acids is 1. The highest BCUT2D eigenvalue weighted by atomic mass is 31.2. The fraction of sp³-hybridized carbons (Fsp3) is 0.833. The molecule has 0 saturated carbocycles. The van der Waals surface area contributed by atoms with Crippen LogP contribution in [0.25, 0.3) is 0 Å². The fourth-order valence-corrected chi connectivity index (χ4v) is 1.11. The molecule has 0 aromatic rings. The lowest BCUT2D eigenvalue weighted by atomic mass is 10.1. The van der Waals surface area contributed by atoms with Gasteiger partial charge in [-0.1, -0.05) is 0 Å². The van der Waals surface area contributed by atoms with Gasteiger partial charge in [0.2, 0.25) is 0 Å². The van der Waals surface area contributed by atoms with Crippen molar-refractivity contribution >= 4 is 21.4 Å². The second-order valence-electron chi connectivity index (χ2n) is 3.43. The minimum atomic E-state index is -4.81. The van der Waals surface area contributed by atoms with Crippen molar-refractivity contribution in [2.75, 3.05) is 13.2 Å². The summed E-state index contributed by atoms with van der Waals surface area (Å²) in [7, 11) is -9.45. The zero-order valence-electron chi connectivity index (χ0n) is 10.2. The summed E-state index contributed by atoms with van der Waals surface area (Å²) in [5, 5.41) is 35.6. The fourth-order valence-electron chi connectivity index (χ4n) is 0.766. The Balaban J connectivity index is 0. The van der Waals surface area contributed by atoms with Crippen molar-refractivity contribution in [1.29, 1.82) is 0 Å². The standard InChI is InChI=1S/C6H13O9P.H3O4P/c7-1-3(8)5(10)6(11)4(9)2-15-16(12,13)14;1-5(2,3)4/h4-7,9-11H,1-2H2,(H2,12,13,14);(H3,1,2,3,4)/t4-,5-,6-;/m1./s1. The highest BCUT2D eigenvalue weighted by Crippen LogP contribution is 2.35. The van der Waals surface area contributed by atoms with Crippen molar-refractivity contribution in [2.45, 2.75) is 18.3 Å². The number of rotatable bonds is 7. The van der Waals surface area contributed by atoms with Crippen LogP contribution in [0.2, 0.25) is 0 Å². The Labute approximate surface area is 117 Å². The van der Waals surface area contributed by atoms with Crippen LogP contribution in [0.3, 0.4) is 0 Å². The summed E-state index contributed by atoms with van der Waals surface area (Å²) in [5.41, 5.74) is 0.